The third kappa shape index (κ3) is 3.96. The van der Waals surface area contributed by atoms with Crippen LogP contribution in [0.25, 0.3) is 0 Å². The molecule has 2 amide bonds. The Kier molecular flexibility index (Phi) is 5.19. The SMILES string of the molecule is CS(C(C(=O)ON1C(=O)CCC1=O)c1ccccc1)=S(=O)(O)O. The lowest BCUT2D eigenvalue weighted by atomic mass is 10.1. The van der Waals surface area contributed by atoms with E-state index in [0.717, 1.165) is 0 Å². The molecule has 1 aromatic rings. The Hall–Kier alpha value is -1.75. The molecule has 1 aliphatic heterocycles. The highest BCUT2D eigenvalue weighted by Gasteiger charge is 2.36. The monoisotopic (exact) mass is 361 g/mol. The standard InChI is InChI=1S/C13H15NO7S2/c1-22(23(18,19)20)12(9-5-3-2-4-6-9)13(17)21-14-10(15)7-8-11(14)16/h2-6,12H,7-8H2,1H3,(H2,18,19,20). The summed E-state index contributed by atoms with van der Waals surface area (Å²) in [6.45, 7) is 0. The molecular formula is C13H15NO7S2. The van der Waals surface area contributed by atoms with E-state index in [4.69, 9.17) is 4.84 Å². The maximum absolute atomic E-state index is 12.4. The molecule has 1 heterocycles. The zero-order valence-electron chi connectivity index (χ0n) is 12.1. The van der Waals surface area contributed by atoms with Gasteiger partial charge in [-0.25, -0.2) is 9.00 Å². The number of rotatable bonds is 4. The average Bonchev–Trinajstić information content (AvgIpc) is 2.79. The van der Waals surface area contributed by atoms with Crippen molar-refractivity contribution >= 4 is 36.3 Å². The van der Waals surface area contributed by atoms with Gasteiger partial charge in [0.25, 0.3) is 11.8 Å². The van der Waals surface area contributed by atoms with Crippen molar-refractivity contribution in [3.63, 3.8) is 0 Å². The molecule has 126 valence electrons. The maximum atomic E-state index is 12.4. The molecule has 2 N–H and O–H groups in total. The van der Waals surface area contributed by atoms with Crippen molar-refractivity contribution in [2.75, 3.05) is 6.26 Å². The molecule has 8 nitrogen and oxygen atoms in total. The Morgan fingerprint density at radius 1 is 1.22 bits per heavy atom. The number of carbonyl (C=O) groups excluding carboxylic acids is 3. The summed E-state index contributed by atoms with van der Waals surface area (Å²) in [6.07, 6.45) is 1.11. The van der Waals surface area contributed by atoms with Crippen LogP contribution in [0.2, 0.25) is 0 Å². The summed E-state index contributed by atoms with van der Waals surface area (Å²) in [5, 5.41) is -0.925. The number of nitrogens with zero attached hydrogens (tertiary/aromatic N) is 1. The minimum atomic E-state index is -4.27. The molecule has 0 aliphatic carbocycles. The molecule has 1 fully saturated rings. The van der Waals surface area contributed by atoms with E-state index in [9.17, 15) is 27.7 Å². The van der Waals surface area contributed by atoms with Crippen LogP contribution < -0.4 is 0 Å². The summed E-state index contributed by atoms with van der Waals surface area (Å²) in [4.78, 5) is 40.2. The lowest BCUT2D eigenvalue weighted by Crippen LogP contribution is -2.35. The van der Waals surface area contributed by atoms with E-state index in [0.29, 0.717) is 10.6 Å². The predicted molar refractivity (Wildman–Crippen MR) is 83.1 cm³/mol. The molecule has 10 heteroatoms. The average molecular weight is 361 g/mol. The number of carbonyl (C=O) groups is 3. The lowest BCUT2D eigenvalue weighted by molar-refractivity contribution is -0.197. The van der Waals surface area contributed by atoms with Crippen LogP contribution in [-0.2, 0) is 37.7 Å². The van der Waals surface area contributed by atoms with Crippen LogP contribution in [0.5, 0.6) is 0 Å². The lowest BCUT2D eigenvalue weighted by Gasteiger charge is -2.20. The van der Waals surface area contributed by atoms with Crippen LogP contribution in [-0.4, -0.2) is 42.4 Å². The zero-order valence-corrected chi connectivity index (χ0v) is 13.7. The van der Waals surface area contributed by atoms with Gasteiger partial charge in [0.15, 0.2) is 0 Å². The van der Waals surface area contributed by atoms with Crippen molar-refractivity contribution in [3.8, 4) is 0 Å². The van der Waals surface area contributed by atoms with Crippen molar-refractivity contribution < 1.29 is 32.5 Å². The Balaban J connectivity index is 2.39. The summed E-state index contributed by atoms with van der Waals surface area (Å²) in [5.41, 5.74) is 0.332. The molecule has 2 atom stereocenters. The highest BCUT2D eigenvalue weighted by molar-refractivity contribution is 8.42. The van der Waals surface area contributed by atoms with Crippen LogP contribution in [0, 0.1) is 0 Å². The van der Waals surface area contributed by atoms with E-state index in [1.807, 2.05) is 0 Å². The Morgan fingerprint density at radius 3 is 2.22 bits per heavy atom. The molecule has 1 aromatic carbocycles. The molecule has 0 aromatic heterocycles. The Morgan fingerprint density at radius 2 is 1.74 bits per heavy atom. The predicted octanol–water partition coefficient (Wildman–Crippen LogP) is 0.728. The molecule has 0 bridgehead atoms. The van der Waals surface area contributed by atoms with Gasteiger partial charge in [-0.3, -0.25) is 18.7 Å². The third-order valence-corrected chi connectivity index (χ3v) is 7.62. The van der Waals surface area contributed by atoms with E-state index < -0.39 is 41.5 Å². The fourth-order valence-electron chi connectivity index (χ4n) is 2.01. The van der Waals surface area contributed by atoms with Crippen molar-refractivity contribution in [2.45, 2.75) is 18.1 Å². The smallest absolute Gasteiger partial charge is 0.329 e. The van der Waals surface area contributed by atoms with Crippen LogP contribution in [0.3, 0.4) is 0 Å². The van der Waals surface area contributed by atoms with Crippen LogP contribution in [0.1, 0.15) is 23.7 Å². The molecule has 1 saturated heterocycles. The van der Waals surface area contributed by atoms with Gasteiger partial charge in [0.05, 0.1) is 0 Å². The number of hydrogen-bond donors (Lipinski definition) is 2. The molecule has 0 saturated carbocycles. The molecule has 2 rings (SSSR count). The molecule has 2 unspecified atom stereocenters. The summed E-state index contributed by atoms with van der Waals surface area (Å²) < 4.78 is 30.3. The summed E-state index contributed by atoms with van der Waals surface area (Å²) in [7, 11) is -5.98. The topological polar surface area (TPSA) is 121 Å². The van der Waals surface area contributed by atoms with Gasteiger partial charge < -0.3 is 4.84 Å². The van der Waals surface area contributed by atoms with Crippen molar-refractivity contribution in [2.24, 2.45) is 0 Å². The first-order chi connectivity index (χ1) is 10.7. The molecule has 0 radical (unpaired) electrons. The van der Waals surface area contributed by atoms with E-state index in [1.54, 1.807) is 18.2 Å². The van der Waals surface area contributed by atoms with Gasteiger partial charge in [-0.15, -0.1) is 5.06 Å². The third-order valence-electron chi connectivity index (χ3n) is 3.18. The minimum Gasteiger partial charge on any atom is -0.329 e. The van der Waals surface area contributed by atoms with Gasteiger partial charge in [-0.2, -0.15) is 0 Å². The molecule has 1 aliphatic rings. The number of hydrogen-bond acceptors (Lipinski definition) is 5. The second-order valence-corrected chi connectivity index (χ2v) is 9.97. The molecule has 23 heavy (non-hydrogen) atoms. The summed E-state index contributed by atoms with van der Waals surface area (Å²) >= 11 is 0. The van der Waals surface area contributed by atoms with E-state index in [2.05, 4.69) is 0 Å². The van der Waals surface area contributed by atoms with Crippen molar-refractivity contribution in [1.29, 1.82) is 0 Å². The number of imide groups is 1. The highest BCUT2D eigenvalue weighted by Crippen LogP contribution is 2.25. The quantitative estimate of drug-likeness (QED) is 0.758. The fourth-order valence-corrected chi connectivity index (χ4v) is 4.44. The first-order valence-electron chi connectivity index (χ1n) is 6.48. The normalized spacial score (nSPS) is 18.0. The molecular weight excluding hydrogens is 346 g/mol. The van der Waals surface area contributed by atoms with Crippen molar-refractivity contribution in [3.05, 3.63) is 35.9 Å². The van der Waals surface area contributed by atoms with Gasteiger partial charge in [0.2, 0.25) is 9.05 Å². The second-order valence-electron chi connectivity index (χ2n) is 4.73. The van der Waals surface area contributed by atoms with E-state index >= 15 is 0 Å². The van der Waals surface area contributed by atoms with Crippen LogP contribution in [0.15, 0.2) is 30.3 Å². The van der Waals surface area contributed by atoms with Gasteiger partial charge in [-0.1, -0.05) is 39.8 Å². The van der Waals surface area contributed by atoms with Gasteiger partial charge in [0.1, 0.15) is 5.25 Å². The van der Waals surface area contributed by atoms with Gasteiger partial charge in [0, 0.05) is 12.8 Å². The summed E-state index contributed by atoms with van der Waals surface area (Å²) in [6, 6.07) is 7.94. The first kappa shape index (κ1) is 17.6. The second kappa shape index (κ2) is 6.79. The van der Waals surface area contributed by atoms with Gasteiger partial charge in [-0.05, 0) is 11.8 Å². The maximum Gasteiger partial charge on any atom is 0.350 e. The Bertz CT molecular complexity index is 744. The fraction of sp³-hybridized carbons (Fsp3) is 0.308. The van der Waals surface area contributed by atoms with E-state index in [1.165, 1.54) is 18.4 Å². The largest absolute Gasteiger partial charge is 0.350 e. The van der Waals surface area contributed by atoms with Crippen molar-refractivity contribution in [1.82, 2.24) is 5.06 Å². The van der Waals surface area contributed by atoms with E-state index in [-0.39, 0.29) is 12.8 Å². The highest BCUT2D eigenvalue weighted by atomic mass is 32.9. The first-order valence-corrected chi connectivity index (χ1v) is 10.2. The Labute approximate surface area is 134 Å². The number of hydroxylamine groups is 2. The summed E-state index contributed by atoms with van der Waals surface area (Å²) in [5.74, 6) is -2.36. The number of amides is 2. The van der Waals surface area contributed by atoms with Crippen LogP contribution >= 0.6 is 0 Å². The zero-order chi connectivity index (χ0) is 17.2. The van der Waals surface area contributed by atoms with Gasteiger partial charge >= 0.3 is 5.97 Å². The minimum absolute atomic E-state index is 0.0588. The number of benzene rings is 1. The molecule has 0 spiro atoms. The van der Waals surface area contributed by atoms with Crippen LogP contribution in [0.4, 0.5) is 0 Å².